The first-order valence-electron chi connectivity index (χ1n) is 8.17. The van der Waals surface area contributed by atoms with Gasteiger partial charge in [-0.05, 0) is 30.2 Å². The minimum Gasteiger partial charge on any atom is -0.454 e. The van der Waals surface area contributed by atoms with E-state index in [0.29, 0.717) is 22.3 Å². The Bertz CT molecular complexity index is 735. The number of carbonyl (C=O) groups is 1. The molecule has 2 aromatic rings. The van der Waals surface area contributed by atoms with Crippen molar-refractivity contribution in [1.82, 2.24) is 4.90 Å². The summed E-state index contributed by atoms with van der Waals surface area (Å²) in [4.78, 5) is 14.8. The number of hydrogen-bond acceptors (Lipinski definition) is 4. The van der Waals surface area contributed by atoms with Crippen LogP contribution in [0.3, 0.4) is 0 Å². The van der Waals surface area contributed by atoms with E-state index in [9.17, 15) is 4.79 Å². The molecule has 2 heterocycles. The van der Waals surface area contributed by atoms with Crippen molar-refractivity contribution in [2.75, 3.05) is 25.6 Å². The maximum Gasteiger partial charge on any atom is 0.254 e. The summed E-state index contributed by atoms with van der Waals surface area (Å²) in [6.45, 7) is 1.78. The van der Waals surface area contributed by atoms with Crippen LogP contribution in [0.4, 0.5) is 0 Å². The molecule has 2 aromatic carbocycles. The van der Waals surface area contributed by atoms with Crippen molar-refractivity contribution in [3.8, 4) is 11.5 Å². The molecule has 1 fully saturated rings. The van der Waals surface area contributed by atoms with E-state index in [1.807, 2.05) is 34.9 Å². The first kappa shape index (κ1) is 15.4. The molecule has 1 amide bonds. The third-order valence-corrected chi connectivity index (χ3v) is 5.75. The van der Waals surface area contributed by atoms with Gasteiger partial charge in [0.25, 0.3) is 5.91 Å². The number of nitrogens with zero attached hydrogens (tertiary/aromatic N) is 1. The van der Waals surface area contributed by atoms with E-state index in [2.05, 4.69) is 24.3 Å². The molecule has 0 spiro atoms. The number of hydrogen-bond donors (Lipinski definition) is 0. The average molecular weight is 341 g/mol. The van der Waals surface area contributed by atoms with Crippen LogP contribution < -0.4 is 9.47 Å². The first-order valence-corrected chi connectivity index (χ1v) is 9.21. The smallest absolute Gasteiger partial charge is 0.254 e. The minimum absolute atomic E-state index is 0.0719. The fourth-order valence-corrected chi connectivity index (χ4v) is 4.35. The van der Waals surface area contributed by atoms with Crippen LogP contribution >= 0.6 is 11.8 Å². The van der Waals surface area contributed by atoms with E-state index in [1.165, 1.54) is 5.56 Å². The summed E-state index contributed by atoms with van der Waals surface area (Å²) in [5, 5.41) is 0.459. The second-order valence-corrected chi connectivity index (χ2v) is 7.23. The molecule has 0 saturated carbocycles. The molecule has 4 nitrogen and oxygen atoms in total. The predicted octanol–water partition coefficient (Wildman–Crippen LogP) is 3.74. The summed E-state index contributed by atoms with van der Waals surface area (Å²) in [6, 6.07) is 16.0. The summed E-state index contributed by atoms with van der Waals surface area (Å²) >= 11 is 1.94. The summed E-state index contributed by atoms with van der Waals surface area (Å²) in [6.07, 6.45) is 0.977. The van der Waals surface area contributed by atoms with Gasteiger partial charge < -0.3 is 14.4 Å². The van der Waals surface area contributed by atoms with Crippen LogP contribution in [-0.2, 0) is 0 Å². The topological polar surface area (TPSA) is 38.8 Å². The zero-order valence-corrected chi connectivity index (χ0v) is 14.1. The molecule has 0 radical (unpaired) electrons. The number of amides is 1. The van der Waals surface area contributed by atoms with Gasteiger partial charge in [-0.25, -0.2) is 0 Å². The van der Waals surface area contributed by atoms with Crippen molar-refractivity contribution < 1.29 is 14.3 Å². The van der Waals surface area contributed by atoms with Crippen molar-refractivity contribution in [2.24, 2.45) is 0 Å². The van der Waals surface area contributed by atoms with Gasteiger partial charge in [0.05, 0.1) is 0 Å². The van der Waals surface area contributed by atoms with Gasteiger partial charge >= 0.3 is 0 Å². The van der Waals surface area contributed by atoms with Crippen molar-refractivity contribution in [3.63, 3.8) is 0 Å². The number of thioether (sulfide) groups is 1. The Morgan fingerprint density at radius 2 is 1.88 bits per heavy atom. The van der Waals surface area contributed by atoms with Crippen LogP contribution in [0.2, 0.25) is 0 Å². The van der Waals surface area contributed by atoms with Crippen LogP contribution in [-0.4, -0.2) is 36.4 Å². The monoisotopic (exact) mass is 341 g/mol. The number of carbonyl (C=O) groups excluding carboxylic acids is 1. The number of ether oxygens (including phenoxy) is 2. The second-order valence-electron chi connectivity index (χ2n) is 5.92. The highest BCUT2D eigenvalue weighted by Crippen LogP contribution is 2.35. The summed E-state index contributed by atoms with van der Waals surface area (Å²) < 4.78 is 10.7. The standard InChI is InChI=1S/C19H19NO3S/c21-19(15-6-7-16-17(12-15)23-13-22-16)20-9-8-18(24-11-10-20)14-4-2-1-3-5-14/h1-7,12,18H,8-11,13H2. The lowest BCUT2D eigenvalue weighted by Gasteiger charge is -2.20. The van der Waals surface area contributed by atoms with Crippen molar-refractivity contribution in [2.45, 2.75) is 11.7 Å². The van der Waals surface area contributed by atoms with E-state index in [-0.39, 0.29) is 12.7 Å². The number of rotatable bonds is 2. The normalized spacial score (nSPS) is 19.8. The molecular weight excluding hydrogens is 322 g/mol. The molecule has 1 atom stereocenters. The molecule has 2 aliphatic rings. The van der Waals surface area contributed by atoms with Gasteiger partial charge in [0.2, 0.25) is 6.79 Å². The molecular formula is C19H19NO3S. The molecule has 0 aliphatic carbocycles. The molecule has 2 aliphatic heterocycles. The first-order chi connectivity index (χ1) is 11.8. The van der Waals surface area contributed by atoms with E-state index in [0.717, 1.165) is 25.3 Å². The van der Waals surface area contributed by atoms with Gasteiger partial charge in [0.15, 0.2) is 11.5 Å². The van der Waals surface area contributed by atoms with E-state index >= 15 is 0 Å². The van der Waals surface area contributed by atoms with Crippen LogP contribution in [0.25, 0.3) is 0 Å². The molecule has 0 bridgehead atoms. The minimum atomic E-state index is 0.0719. The van der Waals surface area contributed by atoms with Crippen molar-refractivity contribution in [3.05, 3.63) is 59.7 Å². The van der Waals surface area contributed by atoms with Crippen molar-refractivity contribution >= 4 is 17.7 Å². The molecule has 0 aromatic heterocycles. The molecule has 24 heavy (non-hydrogen) atoms. The second kappa shape index (κ2) is 6.77. The Morgan fingerprint density at radius 3 is 2.75 bits per heavy atom. The SMILES string of the molecule is O=C(c1ccc2c(c1)OCO2)N1CCSC(c2ccccc2)CC1. The Labute approximate surface area is 145 Å². The molecule has 4 rings (SSSR count). The maximum atomic E-state index is 12.8. The van der Waals surface area contributed by atoms with E-state index in [1.54, 1.807) is 6.07 Å². The van der Waals surface area contributed by atoms with E-state index < -0.39 is 0 Å². The predicted molar refractivity (Wildman–Crippen MR) is 94.7 cm³/mol. The molecule has 5 heteroatoms. The Morgan fingerprint density at radius 1 is 1.04 bits per heavy atom. The largest absolute Gasteiger partial charge is 0.454 e. The maximum absolute atomic E-state index is 12.8. The lowest BCUT2D eigenvalue weighted by molar-refractivity contribution is 0.0766. The zero-order chi connectivity index (χ0) is 16.4. The molecule has 1 saturated heterocycles. The van der Waals surface area contributed by atoms with Gasteiger partial charge in [0, 0.05) is 29.7 Å². The lowest BCUT2D eigenvalue weighted by Crippen LogP contribution is -2.32. The summed E-state index contributed by atoms with van der Waals surface area (Å²) in [5.74, 6) is 2.40. The molecule has 0 N–H and O–H groups in total. The third kappa shape index (κ3) is 3.08. The van der Waals surface area contributed by atoms with Crippen LogP contribution in [0.15, 0.2) is 48.5 Å². The summed E-state index contributed by atoms with van der Waals surface area (Å²) in [7, 11) is 0. The zero-order valence-electron chi connectivity index (χ0n) is 13.3. The highest BCUT2D eigenvalue weighted by molar-refractivity contribution is 7.99. The molecule has 1 unspecified atom stereocenters. The van der Waals surface area contributed by atoms with Crippen LogP contribution in [0, 0.1) is 0 Å². The average Bonchev–Trinajstić information content (AvgIpc) is 2.96. The fraction of sp³-hybridized carbons (Fsp3) is 0.316. The van der Waals surface area contributed by atoms with Crippen LogP contribution in [0.5, 0.6) is 11.5 Å². The lowest BCUT2D eigenvalue weighted by atomic mass is 10.1. The summed E-state index contributed by atoms with van der Waals surface area (Å²) in [5.41, 5.74) is 2.02. The van der Waals surface area contributed by atoms with E-state index in [4.69, 9.17) is 9.47 Å². The fourth-order valence-electron chi connectivity index (χ4n) is 3.12. The number of benzene rings is 2. The third-order valence-electron chi connectivity index (χ3n) is 4.42. The Balaban J connectivity index is 1.46. The van der Waals surface area contributed by atoms with Gasteiger partial charge in [-0.1, -0.05) is 30.3 Å². The van der Waals surface area contributed by atoms with Gasteiger partial charge in [0.1, 0.15) is 0 Å². The highest BCUT2D eigenvalue weighted by atomic mass is 32.2. The number of fused-ring (bicyclic) bond motifs is 1. The van der Waals surface area contributed by atoms with Gasteiger partial charge in [-0.2, -0.15) is 11.8 Å². The van der Waals surface area contributed by atoms with Crippen molar-refractivity contribution in [1.29, 1.82) is 0 Å². The Hall–Kier alpha value is -2.14. The highest BCUT2D eigenvalue weighted by Gasteiger charge is 2.24. The molecule has 124 valence electrons. The quantitative estimate of drug-likeness (QED) is 0.834. The van der Waals surface area contributed by atoms with Gasteiger partial charge in [-0.15, -0.1) is 0 Å². The Kier molecular flexibility index (Phi) is 4.34. The van der Waals surface area contributed by atoms with Gasteiger partial charge in [-0.3, -0.25) is 4.79 Å². The van der Waals surface area contributed by atoms with Crippen LogP contribution in [0.1, 0.15) is 27.6 Å².